The molecule has 1 saturated heterocycles. The molecule has 2 aromatic carbocycles. The van der Waals surface area contributed by atoms with Gasteiger partial charge < -0.3 is 10.4 Å². The van der Waals surface area contributed by atoms with Crippen LogP contribution in [-0.4, -0.2) is 23.0 Å². The first kappa shape index (κ1) is 20.2. The number of benzene rings is 2. The highest BCUT2D eigenvalue weighted by Crippen LogP contribution is 2.55. The fourth-order valence-corrected chi connectivity index (χ4v) is 5.90. The maximum atomic E-state index is 12.7. The van der Waals surface area contributed by atoms with Crippen molar-refractivity contribution < 1.29 is 14.7 Å². The summed E-state index contributed by atoms with van der Waals surface area (Å²) in [6.07, 6.45) is 0.806. The largest absolute Gasteiger partial charge is 0.478 e. The molecule has 6 heteroatoms. The molecule has 2 N–H and O–H groups in total. The van der Waals surface area contributed by atoms with E-state index in [2.05, 4.69) is 19.2 Å². The van der Waals surface area contributed by atoms with Crippen LogP contribution in [0.3, 0.4) is 0 Å². The number of carbonyl (C=O) groups excluding carboxylic acids is 1. The lowest BCUT2D eigenvalue weighted by Crippen LogP contribution is -2.39. The van der Waals surface area contributed by atoms with Crippen molar-refractivity contribution in [2.45, 2.75) is 38.1 Å². The first-order chi connectivity index (χ1) is 13.8. The number of amides is 1. The van der Waals surface area contributed by atoms with Gasteiger partial charge in [-0.3, -0.25) is 4.79 Å². The Morgan fingerprint density at radius 1 is 1.07 bits per heavy atom. The molecule has 2 aromatic rings. The van der Waals surface area contributed by atoms with E-state index >= 15 is 0 Å². The highest BCUT2D eigenvalue weighted by molar-refractivity contribution is 6.31. The number of fused-ring (bicyclic) bond motifs is 1. The molecule has 0 unspecified atom stereocenters. The van der Waals surface area contributed by atoms with Crippen molar-refractivity contribution in [2.24, 2.45) is 17.8 Å². The Morgan fingerprint density at radius 2 is 1.76 bits per heavy atom. The second-order valence-electron chi connectivity index (χ2n) is 8.34. The van der Waals surface area contributed by atoms with Crippen molar-refractivity contribution >= 4 is 35.1 Å². The minimum Gasteiger partial charge on any atom is -0.478 e. The summed E-state index contributed by atoms with van der Waals surface area (Å²) in [5, 5.41) is 13.5. The predicted molar refractivity (Wildman–Crippen MR) is 114 cm³/mol. The summed E-state index contributed by atoms with van der Waals surface area (Å²) in [6, 6.07) is 12.8. The second kappa shape index (κ2) is 7.66. The van der Waals surface area contributed by atoms with Crippen LogP contribution in [0.5, 0.6) is 0 Å². The van der Waals surface area contributed by atoms with Gasteiger partial charge in [-0.05, 0) is 72.4 Å². The van der Waals surface area contributed by atoms with E-state index in [1.807, 2.05) is 30.3 Å². The Morgan fingerprint density at radius 3 is 2.38 bits per heavy atom. The third kappa shape index (κ3) is 3.53. The average molecular weight is 432 g/mol. The lowest BCUT2D eigenvalue weighted by atomic mass is 9.58. The van der Waals surface area contributed by atoms with E-state index in [0.29, 0.717) is 10.0 Å². The molecule has 0 radical (unpaired) electrons. The predicted octanol–water partition coefficient (Wildman–Crippen LogP) is 5.35. The highest BCUT2D eigenvalue weighted by atomic mass is 35.5. The molecular formula is C23H23Cl2NO3. The molecule has 2 fully saturated rings. The Bertz CT molecular complexity index is 959. The van der Waals surface area contributed by atoms with Crippen molar-refractivity contribution in [1.29, 1.82) is 0 Å². The van der Waals surface area contributed by atoms with E-state index in [0.717, 1.165) is 17.5 Å². The van der Waals surface area contributed by atoms with Gasteiger partial charge in [0.1, 0.15) is 0 Å². The Labute approximate surface area is 180 Å². The molecule has 0 spiro atoms. The van der Waals surface area contributed by atoms with Gasteiger partial charge in [-0.1, -0.05) is 48.3 Å². The minimum atomic E-state index is -0.996. The van der Waals surface area contributed by atoms with Crippen molar-refractivity contribution in [1.82, 2.24) is 5.32 Å². The molecule has 0 aromatic heterocycles. The van der Waals surface area contributed by atoms with E-state index in [1.165, 1.54) is 6.07 Å². The Kier molecular flexibility index (Phi) is 5.34. The van der Waals surface area contributed by atoms with Crippen LogP contribution in [0.2, 0.25) is 10.0 Å². The van der Waals surface area contributed by atoms with E-state index in [1.54, 1.807) is 6.07 Å². The summed E-state index contributed by atoms with van der Waals surface area (Å²) >= 11 is 12.7. The summed E-state index contributed by atoms with van der Waals surface area (Å²) in [6.45, 7) is 4.19. The summed E-state index contributed by atoms with van der Waals surface area (Å²) in [5.74, 6) is -0.419. The van der Waals surface area contributed by atoms with Gasteiger partial charge >= 0.3 is 5.97 Å². The van der Waals surface area contributed by atoms with Crippen LogP contribution in [0.4, 0.5) is 0 Å². The van der Waals surface area contributed by atoms with Crippen LogP contribution in [-0.2, 0) is 4.79 Å². The summed E-state index contributed by atoms with van der Waals surface area (Å²) in [5.41, 5.74) is 2.24. The molecule has 4 nitrogen and oxygen atoms in total. The summed E-state index contributed by atoms with van der Waals surface area (Å²) < 4.78 is 0. The topological polar surface area (TPSA) is 66.4 Å². The first-order valence-electron chi connectivity index (χ1n) is 9.86. The van der Waals surface area contributed by atoms with Crippen LogP contribution in [0.15, 0.2) is 42.5 Å². The lowest BCUT2D eigenvalue weighted by Gasteiger charge is -2.44. The van der Waals surface area contributed by atoms with Gasteiger partial charge in [0.25, 0.3) is 0 Å². The van der Waals surface area contributed by atoms with E-state index < -0.39 is 5.97 Å². The number of aromatic carboxylic acids is 1. The molecule has 1 heterocycles. The SMILES string of the molecule is C[C@@H]1C[C@@H](c2ccc(C(=O)O)cc2Cl)[C@H](c2ccc(Cl)cc2)[C@H]2[C@@H]1C(=O)N[C@@H]2C. The number of hydrogen-bond donors (Lipinski definition) is 2. The van der Waals surface area contributed by atoms with Gasteiger partial charge in [0.2, 0.25) is 5.91 Å². The minimum absolute atomic E-state index is 0.0426. The number of carboxylic acid groups (broad SMARTS) is 1. The van der Waals surface area contributed by atoms with Gasteiger partial charge in [-0.2, -0.15) is 0 Å². The van der Waals surface area contributed by atoms with E-state index in [9.17, 15) is 14.7 Å². The number of hydrogen-bond acceptors (Lipinski definition) is 2. The fraction of sp³-hybridized carbons (Fsp3) is 0.391. The van der Waals surface area contributed by atoms with Gasteiger partial charge in [-0.25, -0.2) is 4.79 Å². The van der Waals surface area contributed by atoms with Crippen molar-refractivity contribution in [2.75, 3.05) is 0 Å². The van der Waals surface area contributed by atoms with Crippen LogP contribution in [0, 0.1) is 17.8 Å². The molecule has 6 atom stereocenters. The number of carboxylic acids is 1. The zero-order valence-corrected chi connectivity index (χ0v) is 17.7. The molecule has 1 amide bonds. The van der Waals surface area contributed by atoms with Gasteiger partial charge in [0.15, 0.2) is 0 Å². The summed E-state index contributed by atoms with van der Waals surface area (Å²) in [7, 11) is 0. The maximum Gasteiger partial charge on any atom is 0.335 e. The van der Waals surface area contributed by atoms with Crippen molar-refractivity contribution in [3.8, 4) is 0 Å². The fourth-order valence-electron chi connectivity index (χ4n) is 5.46. The van der Waals surface area contributed by atoms with Crippen LogP contribution >= 0.6 is 23.2 Å². The average Bonchev–Trinajstić information content (AvgIpc) is 2.97. The number of rotatable bonds is 3. The first-order valence-corrected chi connectivity index (χ1v) is 10.6. The standard InChI is InChI=1S/C23H23Cl2NO3/c1-11-9-17(16-8-5-14(23(28)29)10-18(16)25)21(13-3-6-15(24)7-4-13)20-12(2)26-22(27)19(11)20/h3-8,10-12,17,19-21H,9H2,1-2H3,(H,26,27)(H,28,29)/t11-,12-,17+,19-,20-,21+/m1/s1. The highest BCUT2D eigenvalue weighted by Gasteiger charge is 2.53. The molecule has 1 saturated carbocycles. The molecule has 152 valence electrons. The molecule has 2 aliphatic rings. The molecule has 4 rings (SSSR count). The third-order valence-corrected chi connectivity index (χ3v) is 7.23. The molecule has 1 aliphatic carbocycles. The van der Waals surface area contributed by atoms with Crippen LogP contribution in [0.25, 0.3) is 0 Å². The van der Waals surface area contributed by atoms with Gasteiger partial charge in [0, 0.05) is 22.0 Å². The van der Waals surface area contributed by atoms with Crippen LogP contribution in [0.1, 0.15) is 53.6 Å². The van der Waals surface area contributed by atoms with E-state index in [-0.39, 0.29) is 47.1 Å². The summed E-state index contributed by atoms with van der Waals surface area (Å²) in [4.78, 5) is 24.0. The lowest BCUT2D eigenvalue weighted by molar-refractivity contribution is -0.125. The van der Waals surface area contributed by atoms with Crippen molar-refractivity contribution in [3.63, 3.8) is 0 Å². The van der Waals surface area contributed by atoms with Crippen molar-refractivity contribution in [3.05, 3.63) is 69.2 Å². The van der Waals surface area contributed by atoms with Crippen LogP contribution < -0.4 is 5.32 Å². The number of carbonyl (C=O) groups is 2. The maximum absolute atomic E-state index is 12.7. The number of halogens is 2. The molecular weight excluding hydrogens is 409 g/mol. The van der Waals surface area contributed by atoms with E-state index in [4.69, 9.17) is 23.2 Å². The third-order valence-electron chi connectivity index (χ3n) is 6.65. The monoisotopic (exact) mass is 431 g/mol. The Balaban J connectivity index is 1.83. The zero-order valence-electron chi connectivity index (χ0n) is 16.2. The van der Waals surface area contributed by atoms with Gasteiger partial charge in [-0.15, -0.1) is 0 Å². The molecule has 0 bridgehead atoms. The second-order valence-corrected chi connectivity index (χ2v) is 9.18. The Hall–Kier alpha value is -2.04. The quantitative estimate of drug-likeness (QED) is 0.687. The normalized spacial score (nSPS) is 31.2. The smallest absolute Gasteiger partial charge is 0.335 e. The zero-order chi connectivity index (χ0) is 20.9. The molecule has 1 aliphatic heterocycles. The molecule has 29 heavy (non-hydrogen) atoms. The number of nitrogens with one attached hydrogen (secondary N) is 1. The van der Waals surface area contributed by atoms with Gasteiger partial charge in [0.05, 0.1) is 5.56 Å².